The molecule has 0 aliphatic heterocycles. The van der Waals surface area contributed by atoms with Crippen molar-refractivity contribution in [1.82, 2.24) is 10.2 Å². The highest BCUT2D eigenvalue weighted by Crippen LogP contribution is 2.00. The molecular weight excluding hydrogens is 246 g/mol. The number of amidine groups is 1. The number of carbonyl (C=O) groups is 1. The van der Waals surface area contributed by atoms with Crippen LogP contribution in [0.5, 0.6) is 0 Å². The summed E-state index contributed by atoms with van der Waals surface area (Å²) < 4.78 is 4.62. The Labute approximate surface area is 106 Å². The van der Waals surface area contributed by atoms with Crippen LogP contribution < -0.4 is 5.32 Å². The number of hydrogen-bond donors (Lipinski definition) is 2. The van der Waals surface area contributed by atoms with E-state index in [1.807, 2.05) is 25.3 Å². The highest BCUT2D eigenvalue weighted by molar-refractivity contribution is 8.13. The molecule has 0 saturated heterocycles. The second-order valence-electron chi connectivity index (χ2n) is 3.16. The van der Waals surface area contributed by atoms with Crippen LogP contribution in [0.15, 0.2) is 4.99 Å². The molecule has 1 atom stereocenters. The summed E-state index contributed by atoms with van der Waals surface area (Å²) in [4.78, 5) is 17.4. The van der Waals surface area contributed by atoms with Gasteiger partial charge in [0.25, 0.3) is 0 Å². The van der Waals surface area contributed by atoms with E-state index in [0.29, 0.717) is 12.4 Å². The van der Waals surface area contributed by atoms with Crippen LogP contribution in [0.25, 0.3) is 0 Å². The summed E-state index contributed by atoms with van der Waals surface area (Å²) in [5.41, 5.74) is 0. The third-order valence-corrected chi connectivity index (χ3v) is 3.01. The molecule has 0 aromatic heterocycles. The van der Waals surface area contributed by atoms with E-state index in [1.54, 1.807) is 11.8 Å². The zero-order chi connectivity index (χ0) is 12.6. The summed E-state index contributed by atoms with van der Waals surface area (Å²) in [5, 5.41) is 3.86. The number of aliphatic imine (C=N–C) groups is 1. The van der Waals surface area contributed by atoms with Crippen LogP contribution in [0.2, 0.25) is 0 Å². The van der Waals surface area contributed by atoms with Crippen molar-refractivity contribution < 1.29 is 9.53 Å². The van der Waals surface area contributed by atoms with Crippen molar-refractivity contribution in [3.63, 3.8) is 0 Å². The van der Waals surface area contributed by atoms with Crippen molar-refractivity contribution in [2.45, 2.75) is 6.04 Å². The van der Waals surface area contributed by atoms with E-state index in [-0.39, 0.29) is 5.97 Å². The monoisotopic (exact) mass is 265 g/mol. The van der Waals surface area contributed by atoms with Crippen LogP contribution in [-0.4, -0.2) is 62.0 Å². The molecule has 1 N–H and O–H groups in total. The fourth-order valence-electron chi connectivity index (χ4n) is 0.977. The highest BCUT2D eigenvalue weighted by atomic mass is 32.2. The molecule has 0 aliphatic rings. The van der Waals surface area contributed by atoms with Crippen LogP contribution in [0, 0.1) is 0 Å². The first-order valence-corrected chi connectivity index (χ1v) is 6.60. The quantitative estimate of drug-likeness (QED) is 0.324. The van der Waals surface area contributed by atoms with Crippen LogP contribution in [0.4, 0.5) is 0 Å². The van der Waals surface area contributed by atoms with E-state index in [1.165, 1.54) is 7.11 Å². The zero-order valence-electron chi connectivity index (χ0n) is 10.1. The lowest BCUT2D eigenvalue weighted by Crippen LogP contribution is -2.39. The van der Waals surface area contributed by atoms with Gasteiger partial charge in [-0.3, -0.25) is 10.1 Å². The standard InChI is InChI=1S/C9H19N3O2S2/c1-12(2)9(16-4)11-6-10-7(5-15)8(13)14-3/h7,10,15H,5-6H2,1-4H3/t7-/m1/s1. The Morgan fingerprint density at radius 3 is 2.62 bits per heavy atom. The molecule has 0 radical (unpaired) electrons. The van der Waals surface area contributed by atoms with E-state index in [2.05, 4.69) is 27.7 Å². The lowest BCUT2D eigenvalue weighted by Gasteiger charge is -2.15. The molecule has 0 bridgehead atoms. The molecule has 0 heterocycles. The molecule has 94 valence electrons. The Morgan fingerprint density at radius 2 is 2.25 bits per heavy atom. The van der Waals surface area contributed by atoms with Gasteiger partial charge in [0.15, 0.2) is 5.17 Å². The van der Waals surface area contributed by atoms with Crippen molar-refractivity contribution in [3.8, 4) is 0 Å². The largest absolute Gasteiger partial charge is 0.468 e. The van der Waals surface area contributed by atoms with E-state index in [0.717, 1.165) is 5.17 Å². The van der Waals surface area contributed by atoms with Gasteiger partial charge >= 0.3 is 5.97 Å². The first-order chi connectivity index (χ1) is 7.56. The summed E-state index contributed by atoms with van der Waals surface area (Å²) >= 11 is 5.62. The van der Waals surface area contributed by atoms with Crippen LogP contribution in [0.1, 0.15) is 0 Å². The first-order valence-electron chi connectivity index (χ1n) is 4.74. The Bertz CT molecular complexity index is 247. The maximum atomic E-state index is 11.2. The van der Waals surface area contributed by atoms with Crippen molar-refractivity contribution in [3.05, 3.63) is 0 Å². The average molecular weight is 265 g/mol. The van der Waals surface area contributed by atoms with Gasteiger partial charge in [0.2, 0.25) is 0 Å². The molecule has 5 nitrogen and oxygen atoms in total. The number of hydrogen-bond acceptors (Lipinski definition) is 6. The summed E-state index contributed by atoms with van der Waals surface area (Å²) in [6.45, 7) is 0.370. The van der Waals surface area contributed by atoms with E-state index < -0.39 is 6.04 Å². The van der Waals surface area contributed by atoms with Gasteiger partial charge in [0.05, 0.1) is 13.8 Å². The number of rotatable bonds is 5. The average Bonchev–Trinajstić information content (AvgIpc) is 2.28. The van der Waals surface area contributed by atoms with E-state index in [4.69, 9.17) is 0 Å². The number of nitrogens with one attached hydrogen (secondary N) is 1. The molecule has 16 heavy (non-hydrogen) atoms. The molecule has 0 saturated carbocycles. The SMILES string of the molecule is COC(=O)[C@@H](CS)NCN=C(SC)N(C)C. The molecule has 0 spiro atoms. The zero-order valence-corrected chi connectivity index (χ0v) is 11.8. The smallest absolute Gasteiger partial charge is 0.323 e. The summed E-state index contributed by atoms with van der Waals surface area (Å²) in [6.07, 6.45) is 1.95. The van der Waals surface area contributed by atoms with E-state index in [9.17, 15) is 4.79 Å². The first kappa shape index (κ1) is 15.6. The lowest BCUT2D eigenvalue weighted by atomic mass is 10.3. The third kappa shape index (κ3) is 5.62. The molecule has 0 fully saturated rings. The van der Waals surface area contributed by atoms with Crippen LogP contribution in [-0.2, 0) is 9.53 Å². The second-order valence-corrected chi connectivity index (χ2v) is 4.30. The van der Waals surface area contributed by atoms with Crippen LogP contribution >= 0.6 is 24.4 Å². The maximum Gasteiger partial charge on any atom is 0.323 e. The Kier molecular flexibility index (Phi) is 8.50. The van der Waals surface area contributed by atoms with Gasteiger partial charge in [-0.05, 0) is 6.26 Å². The fraction of sp³-hybridized carbons (Fsp3) is 0.778. The van der Waals surface area contributed by atoms with Gasteiger partial charge in [-0.2, -0.15) is 12.6 Å². The topological polar surface area (TPSA) is 53.9 Å². The van der Waals surface area contributed by atoms with Gasteiger partial charge in [-0.1, -0.05) is 11.8 Å². The number of esters is 1. The van der Waals surface area contributed by atoms with Crippen LogP contribution in [0.3, 0.4) is 0 Å². The highest BCUT2D eigenvalue weighted by Gasteiger charge is 2.15. The van der Waals surface area contributed by atoms with Gasteiger partial charge < -0.3 is 9.64 Å². The van der Waals surface area contributed by atoms with Crippen molar-refractivity contribution in [1.29, 1.82) is 0 Å². The number of nitrogens with zero attached hydrogens (tertiary/aromatic N) is 2. The number of thiol groups is 1. The number of ether oxygens (including phenoxy) is 1. The lowest BCUT2D eigenvalue weighted by molar-refractivity contribution is -0.142. The van der Waals surface area contributed by atoms with Gasteiger partial charge in [-0.15, -0.1) is 0 Å². The third-order valence-electron chi connectivity index (χ3n) is 1.79. The van der Waals surface area contributed by atoms with Gasteiger partial charge in [-0.25, -0.2) is 4.99 Å². The minimum absolute atomic E-state index is 0.319. The Morgan fingerprint density at radius 1 is 1.62 bits per heavy atom. The normalized spacial score (nSPS) is 13.4. The summed E-state index contributed by atoms with van der Waals surface area (Å²) in [7, 11) is 5.20. The molecule has 0 rings (SSSR count). The predicted molar refractivity (Wildman–Crippen MR) is 72.3 cm³/mol. The fourth-order valence-corrected chi connectivity index (χ4v) is 1.81. The molecule has 0 aliphatic carbocycles. The molecule has 0 aromatic rings. The molecule has 7 heteroatoms. The van der Waals surface area contributed by atoms with Crippen molar-refractivity contribution in [2.75, 3.05) is 39.9 Å². The van der Waals surface area contributed by atoms with Gasteiger partial charge in [0.1, 0.15) is 6.04 Å². The molecule has 0 aromatic carbocycles. The number of methoxy groups -OCH3 is 1. The predicted octanol–water partition coefficient (Wildman–Crippen LogP) is 0.285. The summed E-state index contributed by atoms with van der Waals surface area (Å²) in [5.74, 6) is 0.0689. The van der Waals surface area contributed by atoms with Crippen molar-refractivity contribution in [2.24, 2.45) is 4.99 Å². The number of thioether (sulfide) groups is 1. The summed E-state index contributed by atoms with van der Waals surface area (Å²) in [6, 6.07) is -0.414. The van der Waals surface area contributed by atoms with E-state index >= 15 is 0 Å². The second kappa shape index (κ2) is 8.72. The molecule has 0 unspecified atom stereocenters. The molecule has 0 amide bonds. The number of carbonyl (C=O) groups excluding carboxylic acids is 1. The minimum atomic E-state index is -0.414. The Hall–Kier alpha value is -0.400. The minimum Gasteiger partial charge on any atom is -0.468 e. The van der Waals surface area contributed by atoms with Gasteiger partial charge in [0, 0.05) is 19.8 Å². The Balaban J connectivity index is 4.16. The van der Waals surface area contributed by atoms with Crippen molar-refractivity contribution >= 4 is 35.5 Å². The molecular formula is C9H19N3O2S2. The maximum absolute atomic E-state index is 11.2.